The number of methoxy groups -OCH3 is 1. The van der Waals surface area contributed by atoms with E-state index in [-0.39, 0.29) is 5.91 Å². The first-order chi connectivity index (χ1) is 17.7. The molecular weight excluding hydrogens is 500 g/mol. The number of amides is 2. The number of nitrogens with zero attached hydrogens (tertiary/aromatic N) is 1. The lowest BCUT2D eigenvalue weighted by Gasteiger charge is -2.36. The molecule has 0 saturated carbocycles. The Morgan fingerprint density at radius 2 is 1.55 bits per heavy atom. The maximum atomic E-state index is 14.0. The van der Waals surface area contributed by atoms with Crippen LogP contribution in [0.5, 0.6) is 0 Å². The third-order valence-electron chi connectivity index (χ3n) is 6.76. The molecule has 1 heterocycles. The van der Waals surface area contributed by atoms with Crippen LogP contribution in [0.25, 0.3) is 11.1 Å². The van der Waals surface area contributed by atoms with Gasteiger partial charge in [0, 0.05) is 6.54 Å². The Morgan fingerprint density at radius 1 is 0.974 bits per heavy atom. The van der Waals surface area contributed by atoms with Crippen molar-refractivity contribution in [2.24, 2.45) is 5.41 Å². The van der Waals surface area contributed by atoms with Crippen LogP contribution in [0.3, 0.4) is 0 Å². The molecule has 0 spiro atoms. The van der Waals surface area contributed by atoms with Crippen molar-refractivity contribution in [2.75, 3.05) is 19.9 Å². The van der Waals surface area contributed by atoms with E-state index in [4.69, 9.17) is 9.47 Å². The maximum absolute atomic E-state index is 14.0. The number of thioether (sulfide) groups is 1. The van der Waals surface area contributed by atoms with Crippen molar-refractivity contribution in [1.29, 1.82) is 0 Å². The molecule has 1 aliphatic rings. The average molecular weight is 541 g/mol. The summed E-state index contributed by atoms with van der Waals surface area (Å²) >= 11 is 1.61. The minimum absolute atomic E-state index is 0.306. The van der Waals surface area contributed by atoms with E-state index < -0.39 is 39.9 Å². The molecular formula is C30H40N2O5S. The lowest BCUT2D eigenvalue weighted by atomic mass is 9.85. The van der Waals surface area contributed by atoms with Crippen molar-refractivity contribution in [3.8, 4) is 11.1 Å². The lowest BCUT2D eigenvalue weighted by Crippen LogP contribution is -2.57. The Labute approximate surface area is 230 Å². The molecule has 1 N–H and O–H groups in total. The summed E-state index contributed by atoms with van der Waals surface area (Å²) in [5.74, 6) is -0.810. The van der Waals surface area contributed by atoms with Crippen LogP contribution in [-0.2, 0) is 23.8 Å². The van der Waals surface area contributed by atoms with E-state index in [1.165, 1.54) is 7.11 Å². The van der Waals surface area contributed by atoms with E-state index in [2.05, 4.69) is 41.7 Å². The highest BCUT2D eigenvalue weighted by Gasteiger charge is 2.52. The smallest absolute Gasteiger partial charge is 0.408 e. The quantitative estimate of drug-likeness (QED) is 0.479. The van der Waals surface area contributed by atoms with Crippen LogP contribution in [0.4, 0.5) is 4.79 Å². The van der Waals surface area contributed by atoms with E-state index in [1.807, 2.05) is 45.2 Å². The number of hydrogen-bond donors (Lipinski definition) is 1. The van der Waals surface area contributed by atoms with E-state index in [0.29, 0.717) is 13.0 Å². The van der Waals surface area contributed by atoms with Gasteiger partial charge in [0.1, 0.15) is 17.7 Å². The molecule has 1 unspecified atom stereocenters. The van der Waals surface area contributed by atoms with Gasteiger partial charge in [0.25, 0.3) is 0 Å². The summed E-state index contributed by atoms with van der Waals surface area (Å²) in [6.45, 7) is 11.2. The fraction of sp³-hybridized carbons (Fsp3) is 0.500. The summed E-state index contributed by atoms with van der Waals surface area (Å²) in [5.41, 5.74) is 1.90. The van der Waals surface area contributed by atoms with Gasteiger partial charge >= 0.3 is 12.1 Å². The van der Waals surface area contributed by atoms with Gasteiger partial charge in [-0.15, -0.1) is 0 Å². The summed E-state index contributed by atoms with van der Waals surface area (Å²) in [7, 11) is 1.33. The molecule has 0 bridgehead atoms. The molecule has 1 aliphatic heterocycles. The summed E-state index contributed by atoms with van der Waals surface area (Å²) in [6.07, 6.45) is 1.72. The summed E-state index contributed by atoms with van der Waals surface area (Å²) in [5, 5.41) is 2.77. The topological polar surface area (TPSA) is 84.9 Å². The number of benzene rings is 2. The highest BCUT2D eigenvalue weighted by molar-refractivity contribution is 7.99. The Morgan fingerprint density at radius 3 is 2.05 bits per heavy atom. The van der Waals surface area contributed by atoms with Gasteiger partial charge in [-0.2, -0.15) is 11.8 Å². The first kappa shape index (κ1) is 29.6. The van der Waals surface area contributed by atoms with Crippen LogP contribution in [-0.4, -0.2) is 60.5 Å². The molecule has 3 atom stereocenters. The van der Waals surface area contributed by atoms with Crippen LogP contribution in [0.15, 0.2) is 54.6 Å². The van der Waals surface area contributed by atoms with Gasteiger partial charge in [-0.1, -0.05) is 75.4 Å². The van der Waals surface area contributed by atoms with Crippen molar-refractivity contribution >= 4 is 29.7 Å². The standard InChI is InChI=1S/C30H40N2O5S/c1-28(2,3)24(31-27(35)37-29(4,5)6)25(33)32-19-30(38-8,18-23(32)26(34)36-7)22-16-14-21(15-17-22)20-12-10-9-11-13-20/h9-17,23-24H,18-19H2,1-8H3,(H,31,35)/t23-,24?,30-/m0/s1. The second kappa shape index (κ2) is 11.4. The molecule has 2 aromatic carbocycles. The second-order valence-electron chi connectivity index (χ2n) is 11.8. The third-order valence-corrected chi connectivity index (χ3v) is 8.08. The maximum Gasteiger partial charge on any atom is 0.408 e. The van der Waals surface area contributed by atoms with Gasteiger partial charge in [0.15, 0.2) is 0 Å². The number of esters is 1. The first-order valence-electron chi connectivity index (χ1n) is 12.8. The Balaban J connectivity index is 1.95. The third kappa shape index (κ3) is 6.70. The van der Waals surface area contributed by atoms with Crippen LogP contribution in [0.1, 0.15) is 53.5 Å². The fourth-order valence-corrected chi connectivity index (χ4v) is 5.73. The number of nitrogens with one attached hydrogen (secondary N) is 1. The van der Waals surface area contributed by atoms with Crippen molar-refractivity contribution in [2.45, 2.75) is 70.4 Å². The normalized spacial score (nSPS) is 20.5. The Hall–Kier alpha value is -3.00. The summed E-state index contributed by atoms with van der Waals surface area (Å²) in [6, 6.07) is 16.7. The summed E-state index contributed by atoms with van der Waals surface area (Å²) < 4.78 is 10.0. The number of likely N-dealkylation sites (tertiary alicyclic amines) is 1. The number of rotatable bonds is 6. The molecule has 206 valence electrons. The second-order valence-corrected chi connectivity index (χ2v) is 13.0. The molecule has 3 rings (SSSR count). The first-order valence-corrected chi connectivity index (χ1v) is 14.0. The zero-order valence-corrected chi connectivity index (χ0v) is 24.5. The van der Waals surface area contributed by atoms with E-state index in [9.17, 15) is 14.4 Å². The van der Waals surface area contributed by atoms with Crippen molar-refractivity contribution in [1.82, 2.24) is 10.2 Å². The van der Waals surface area contributed by atoms with E-state index in [1.54, 1.807) is 37.4 Å². The Bertz CT molecular complexity index is 1140. The van der Waals surface area contributed by atoms with Gasteiger partial charge in [-0.25, -0.2) is 9.59 Å². The van der Waals surface area contributed by atoms with Crippen LogP contribution >= 0.6 is 11.8 Å². The predicted molar refractivity (Wildman–Crippen MR) is 152 cm³/mol. The molecule has 0 aliphatic carbocycles. The number of carbonyl (C=O) groups is 3. The van der Waals surface area contributed by atoms with Crippen LogP contribution in [0.2, 0.25) is 0 Å². The number of hydrogen-bond acceptors (Lipinski definition) is 6. The van der Waals surface area contributed by atoms with Crippen molar-refractivity contribution in [3.63, 3.8) is 0 Å². The van der Waals surface area contributed by atoms with E-state index >= 15 is 0 Å². The molecule has 38 heavy (non-hydrogen) atoms. The lowest BCUT2D eigenvalue weighted by molar-refractivity contribution is -0.152. The highest BCUT2D eigenvalue weighted by Crippen LogP contribution is 2.47. The average Bonchev–Trinajstić information content (AvgIpc) is 3.27. The highest BCUT2D eigenvalue weighted by atomic mass is 32.2. The minimum Gasteiger partial charge on any atom is -0.467 e. The molecule has 0 radical (unpaired) electrons. The molecule has 2 aromatic rings. The molecule has 7 nitrogen and oxygen atoms in total. The predicted octanol–water partition coefficient (Wildman–Crippen LogP) is 5.63. The molecule has 1 fully saturated rings. The zero-order chi connectivity index (χ0) is 28.3. The minimum atomic E-state index is -0.900. The zero-order valence-electron chi connectivity index (χ0n) is 23.7. The van der Waals surface area contributed by atoms with Crippen LogP contribution < -0.4 is 5.32 Å². The fourth-order valence-electron chi connectivity index (χ4n) is 4.76. The van der Waals surface area contributed by atoms with Gasteiger partial charge in [-0.3, -0.25) is 4.79 Å². The number of alkyl carbamates (subject to hydrolysis) is 1. The van der Waals surface area contributed by atoms with Crippen molar-refractivity contribution < 1.29 is 23.9 Å². The SMILES string of the molecule is COC(=O)[C@@H]1C[C@@](SC)(c2ccc(-c3ccccc3)cc2)CN1C(=O)C(NC(=O)OC(C)(C)C)C(C)(C)C. The van der Waals surface area contributed by atoms with E-state index in [0.717, 1.165) is 16.7 Å². The Kier molecular flexibility index (Phi) is 8.86. The number of ether oxygens (including phenoxy) is 2. The van der Waals surface area contributed by atoms with Gasteiger partial charge in [0.2, 0.25) is 5.91 Å². The van der Waals surface area contributed by atoms with Gasteiger partial charge in [-0.05, 0) is 55.6 Å². The van der Waals surface area contributed by atoms with Crippen LogP contribution in [0, 0.1) is 5.41 Å². The van der Waals surface area contributed by atoms with Gasteiger partial charge < -0.3 is 19.7 Å². The molecule has 8 heteroatoms. The molecule has 0 aromatic heterocycles. The van der Waals surface area contributed by atoms with Crippen molar-refractivity contribution in [3.05, 3.63) is 60.2 Å². The largest absolute Gasteiger partial charge is 0.467 e. The van der Waals surface area contributed by atoms with Gasteiger partial charge in [0.05, 0.1) is 11.9 Å². The monoisotopic (exact) mass is 540 g/mol. The molecule has 2 amide bonds. The summed E-state index contributed by atoms with van der Waals surface area (Å²) in [4.78, 5) is 41.2. The number of carbonyl (C=O) groups excluding carboxylic acids is 3. The molecule has 1 saturated heterocycles.